The molecule has 0 saturated heterocycles. The van der Waals surface area contributed by atoms with Crippen LogP contribution in [0.4, 0.5) is 13.2 Å². The normalized spacial score (nSPS) is 12.0. The van der Waals surface area contributed by atoms with Crippen molar-refractivity contribution in [3.8, 4) is 5.75 Å². The molecule has 0 aliphatic carbocycles. The fraction of sp³-hybridized carbons (Fsp3) is 0.300. The standard InChI is InChI=1S/C20H21F3N2O5S/c1-14(26)15-8-10-17(11-9-15)31(28,29)25(3)13-19(27)24(2)12-16-6-4-5-7-18(16)30-20(21,22)23/h4-11H,12-13H2,1-3H3. The maximum atomic E-state index is 12.7. The Kier molecular flexibility index (Phi) is 7.45. The first-order valence-corrected chi connectivity index (χ1v) is 10.4. The molecule has 0 unspecified atom stereocenters. The molecule has 7 nitrogen and oxygen atoms in total. The summed E-state index contributed by atoms with van der Waals surface area (Å²) in [6.45, 7) is 0.601. The number of alkyl halides is 3. The lowest BCUT2D eigenvalue weighted by atomic mass is 10.2. The number of benzene rings is 2. The molecule has 0 spiro atoms. The van der Waals surface area contributed by atoms with Crippen LogP contribution in [0.5, 0.6) is 5.75 Å². The van der Waals surface area contributed by atoms with Crippen molar-refractivity contribution in [2.24, 2.45) is 0 Å². The van der Waals surface area contributed by atoms with E-state index in [2.05, 4.69) is 4.74 Å². The monoisotopic (exact) mass is 458 g/mol. The van der Waals surface area contributed by atoms with Crippen molar-refractivity contribution in [2.75, 3.05) is 20.6 Å². The number of nitrogens with zero attached hydrogens (tertiary/aromatic N) is 2. The Balaban J connectivity index is 2.10. The van der Waals surface area contributed by atoms with E-state index in [0.717, 1.165) is 15.3 Å². The summed E-state index contributed by atoms with van der Waals surface area (Å²) in [6.07, 6.45) is -4.88. The average molecular weight is 458 g/mol. The summed E-state index contributed by atoms with van der Waals surface area (Å²) in [5, 5.41) is 0. The number of halogens is 3. The van der Waals surface area contributed by atoms with Gasteiger partial charge in [-0.2, -0.15) is 4.31 Å². The summed E-state index contributed by atoms with van der Waals surface area (Å²) >= 11 is 0. The zero-order chi connectivity index (χ0) is 23.4. The molecular weight excluding hydrogens is 437 g/mol. The molecule has 0 atom stereocenters. The number of ketones is 1. The van der Waals surface area contributed by atoms with Crippen LogP contribution in [-0.2, 0) is 21.4 Å². The minimum Gasteiger partial charge on any atom is -0.405 e. The van der Waals surface area contributed by atoms with Crippen LogP contribution >= 0.6 is 0 Å². The molecule has 0 fully saturated rings. The summed E-state index contributed by atoms with van der Waals surface area (Å²) in [6, 6.07) is 10.6. The van der Waals surface area contributed by atoms with Crippen LogP contribution in [0, 0.1) is 0 Å². The van der Waals surface area contributed by atoms with Gasteiger partial charge in [0.05, 0.1) is 11.4 Å². The zero-order valence-electron chi connectivity index (χ0n) is 17.0. The van der Waals surface area contributed by atoms with Crippen LogP contribution in [0.25, 0.3) is 0 Å². The van der Waals surface area contributed by atoms with Crippen molar-refractivity contribution in [1.29, 1.82) is 0 Å². The molecule has 2 aromatic rings. The topological polar surface area (TPSA) is 84.0 Å². The number of hydrogen-bond donors (Lipinski definition) is 0. The van der Waals surface area contributed by atoms with Gasteiger partial charge in [0.2, 0.25) is 15.9 Å². The van der Waals surface area contributed by atoms with E-state index < -0.39 is 34.6 Å². The van der Waals surface area contributed by atoms with E-state index in [1.807, 2.05) is 0 Å². The van der Waals surface area contributed by atoms with Gasteiger partial charge in [-0.25, -0.2) is 8.42 Å². The second-order valence-electron chi connectivity index (χ2n) is 6.75. The molecule has 0 radical (unpaired) electrons. The number of rotatable bonds is 8. The van der Waals surface area contributed by atoms with Gasteiger partial charge in [0.25, 0.3) is 0 Å². The summed E-state index contributed by atoms with van der Waals surface area (Å²) in [5.74, 6) is -1.29. The van der Waals surface area contributed by atoms with E-state index in [4.69, 9.17) is 0 Å². The summed E-state index contributed by atoms with van der Waals surface area (Å²) in [5.41, 5.74) is 0.457. The van der Waals surface area contributed by atoms with Crippen LogP contribution in [0.3, 0.4) is 0 Å². The molecule has 2 aromatic carbocycles. The van der Waals surface area contributed by atoms with E-state index in [0.29, 0.717) is 5.56 Å². The number of carbonyl (C=O) groups is 2. The van der Waals surface area contributed by atoms with Crippen molar-refractivity contribution >= 4 is 21.7 Å². The van der Waals surface area contributed by atoms with Gasteiger partial charge < -0.3 is 9.64 Å². The quantitative estimate of drug-likeness (QED) is 0.568. The van der Waals surface area contributed by atoms with E-state index in [1.54, 1.807) is 0 Å². The predicted octanol–water partition coefficient (Wildman–Crippen LogP) is 3.07. The average Bonchev–Trinajstić information content (AvgIpc) is 2.68. The number of Topliss-reactive ketones (excluding diaryl/α,β-unsaturated/α-hetero) is 1. The largest absolute Gasteiger partial charge is 0.573 e. The van der Waals surface area contributed by atoms with Gasteiger partial charge in [0.15, 0.2) is 5.78 Å². The second kappa shape index (κ2) is 9.48. The predicted molar refractivity (Wildman–Crippen MR) is 106 cm³/mol. The third-order valence-electron chi connectivity index (χ3n) is 4.36. The van der Waals surface area contributed by atoms with E-state index in [-0.39, 0.29) is 22.8 Å². The first-order valence-electron chi connectivity index (χ1n) is 8.96. The molecule has 0 heterocycles. The van der Waals surface area contributed by atoms with Crippen molar-refractivity contribution < 1.29 is 35.9 Å². The third-order valence-corrected chi connectivity index (χ3v) is 6.18. The van der Waals surface area contributed by atoms with Crippen LogP contribution in [0.1, 0.15) is 22.8 Å². The highest BCUT2D eigenvalue weighted by Gasteiger charge is 2.32. The number of hydrogen-bond acceptors (Lipinski definition) is 5. The van der Waals surface area contributed by atoms with E-state index in [1.165, 1.54) is 63.5 Å². The van der Waals surface area contributed by atoms with Crippen LogP contribution in [-0.4, -0.2) is 56.3 Å². The first-order chi connectivity index (χ1) is 14.3. The highest BCUT2D eigenvalue weighted by Crippen LogP contribution is 2.27. The lowest BCUT2D eigenvalue weighted by molar-refractivity contribution is -0.275. The van der Waals surface area contributed by atoms with E-state index in [9.17, 15) is 31.2 Å². The van der Waals surface area contributed by atoms with E-state index >= 15 is 0 Å². The molecule has 0 bridgehead atoms. The molecule has 0 saturated carbocycles. The van der Waals surface area contributed by atoms with Gasteiger partial charge in [-0.05, 0) is 25.1 Å². The molecule has 11 heteroatoms. The number of para-hydroxylation sites is 1. The SMILES string of the molecule is CC(=O)c1ccc(S(=O)(=O)N(C)CC(=O)N(C)Cc2ccccc2OC(F)(F)F)cc1. The number of sulfonamides is 1. The van der Waals surface area contributed by atoms with Gasteiger partial charge >= 0.3 is 6.36 Å². The Morgan fingerprint density at radius 2 is 1.58 bits per heavy atom. The lowest BCUT2D eigenvalue weighted by Gasteiger charge is -2.23. The van der Waals surface area contributed by atoms with Crippen molar-refractivity contribution in [3.63, 3.8) is 0 Å². The van der Waals surface area contributed by atoms with Gasteiger partial charge in [0.1, 0.15) is 5.75 Å². The number of ether oxygens (including phenoxy) is 1. The second-order valence-corrected chi connectivity index (χ2v) is 8.79. The maximum absolute atomic E-state index is 12.7. The fourth-order valence-corrected chi connectivity index (χ4v) is 3.76. The Labute approximate surface area is 178 Å². The molecular formula is C20H21F3N2O5S. The zero-order valence-corrected chi connectivity index (χ0v) is 17.8. The molecule has 0 aromatic heterocycles. The first kappa shape index (κ1) is 24.4. The smallest absolute Gasteiger partial charge is 0.405 e. The number of amides is 1. The maximum Gasteiger partial charge on any atom is 0.573 e. The van der Waals surface area contributed by atoms with Crippen LogP contribution in [0.2, 0.25) is 0 Å². The Hall–Kier alpha value is -2.92. The molecule has 0 aliphatic heterocycles. The minimum atomic E-state index is -4.88. The Morgan fingerprint density at radius 3 is 2.13 bits per heavy atom. The fourth-order valence-electron chi connectivity index (χ4n) is 2.64. The van der Waals surface area contributed by atoms with Crippen molar-refractivity contribution in [1.82, 2.24) is 9.21 Å². The molecule has 2 rings (SSSR count). The minimum absolute atomic E-state index is 0.0978. The summed E-state index contributed by atoms with van der Waals surface area (Å²) < 4.78 is 67.8. The third kappa shape index (κ3) is 6.53. The van der Waals surface area contributed by atoms with Gasteiger partial charge in [-0.3, -0.25) is 9.59 Å². The highest BCUT2D eigenvalue weighted by molar-refractivity contribution is 7.89. The van der Waals surface area contributed by atoms with Gasteiger partial charge in [-0.1, -0.05) is 30.3 Å². The highest BCUT2D eigenvalue weighted by atomic mass is 32.2. The van der Waals surface area contributed by atoms with Crippen molar-refractivity contribution in [3.05, 3.63) is 59.7 Å². The summed E-state index contributed by atoms with van der Waals surface area (Å²) in [7, 11) is -1.46. The number of carbonyl (C=O) groups excluding carboxylic acids is 2. The molecule has 1 amide bonds. The Morgan fingerprint density at radius 1 is 1.00 bits per heavy atom. The lowest BCUT2D eigenvalue weighted by Crippen LogP contribution is -2.39. The van der Waals surface area contributed by atoms with Crippen LogP contribution in [0.15, 0.2) is 53.4 Å². The number of likely N-dealkylation sites (N-methyl/N-ethyl adjacent to an activating group) is 2. The summed E-state index contributed by atoms with van der Waals surface area (Å²) in [4.78, 5) is 24.8. The van der Waals surface area contributed by atoms with Gasteiger partial charge in [-0.15, -0.1) is 13.2 Å². The van der Waals surface area contributed by atoms with Gasteiger partial charge in [0, 0.05) is 31.8 Å². The molecule has 31 heavy (non-hydrogen) atoms. The van der Waals surface area contributed by atoms with Crippen molar-refractivity contribution in [2.45, 2.75) is 24.7 Å². The Bertz CT molecular complexity index is 1050. The molecule has 0 N–H and O–H groups in total. The molecule has 0 aliphatic rings. The van der Waals surface area contributed by atoms with Crippen LogP contribution < -0.4 is 4.74 Å². The molecule has 168 valence electrons.